The minimum atomic E-state index is 0.108. The molecule has 134 valence electrons. The van der Waals surface area contributed by atoms with E-state index in [4.69, 9.17) is 21.0 Å². The normalized spacial score (nSPS) is 15.8. The van der Waals surface area contributed by atoms with Crippen molar-refractivity contribution in [1.82, 2.24) is 0 Å². The van der Waals surface area contributed by atoms with Gasteiger partial charge in [-0.2, -0.15) is 0 Å². The Kier molecular flexibility index (Phi) is 6.77. The lowest BCUT2D eigenvalue weighted by molar-refractivity contribution is 0.215. The molecule has 6 heteroatoms. The molecular formula is C19H26N4O2. The Morgan fingerprint density at radius 2 is 1.96 bits per heavy atom. The molecule has 4 N–H and O–H groups in total. The van der Waals surface area contributed by atoms with Gasteiger partial charge in [0.2, 0.25) is 0 Å². The van der Waals surface area contributed by atoms with Crippen LogP contribution in [0.4, 0.5) is 11.4 Å². The van der Waals surface area contributed by atoms with Gasteiger partial charge in [0.15, 0.2) is 0 Å². The molecular weight excluding hydrogens is 316 g/mol. The molecule has 0 aromatic heterocycles. The van der Waals surface area contributed by atoms with Crippen LogP contribution >= 0.6 is 0 Å². The van der Waals surface area contributed by atoms with E-state index in [1.54, 1.807) is 12.2 Å². The first kappa shape index (κ1) is 18.7. The molecule has 0 saturated heterocycles. The largest absolute Gasteiger partial charge is 0.491 e. The highest BCUT2D eigenvalue weighted by Crippen LogP contribution is 2.21. The number of hydrogen-bond donors (Lipinski definition) is 3. The van der Waals surface area contributed by atoms with Crippen LogP contribution in [-0.2, 0) is 4.74 Å². The van der Waals surface area contributed by atoms with E-state index >= 15 is 0 Å². The van der Waals surface area contributed by atoms with Crippen molar-refractivity contribution in [2.75, 3.05) is 31.7 Å². The van der Waals surface area contributed by atoms with E-state index in [1.807, 2.05) is 36.2 Å². The molecule has 0 spiro atoms. The maximum absolute atomic E-state index is 9.00. The average Bonchev–Trinajstić information content (AvgIpc) is 2.59. The second-order valence-electron chi connectivity index (χ2n) is 5.88. The molecule has 0 heterocycles. The molecule has 1 aromatic rings. The first-order valence-corrected chi connectivity index (χ1v) is 8.47. The molecule has 0 bridgehead atoms. The van der Waals surface area contributed by atoms with Gasteiger partial charge in [0, 0.05) is 25.4 Å². The number of aliphatic imine (C=N–C) groups is 1. The Morgan fingerprint density at radius 1 is 1.24 bits per heavy atom. The summed E-state index contributed by atoms with van der Waals surface area (Å²) in [7, 11) is 1.92. The lowest BCUT2D eigenvalue weighted by Gasteiger charge is -2.18. The predicted molar refractivity (Wildman–Crippen MR) is 103 cm³/mol. The fourth-order valence-electron chi connectivity index (χ4n) is 2.33. The van der Waals surface area contributed by atoms with Crippen molar-refractivity contribution in [2.45, 2.75) is 19.8 Å². The summed E-state index contributed by atoms with van der Waals surface area (Å²) in [6, 6.07) is 7.65. The Bertz CT molecular complexity index is 690. The van der Waals surface area contributed by atoms with Gasteiger partial charge in [-0.05, 0) is 36.8 Å². The van der Waals surface area contributed by atoms with Gasteiger partial charge in [-0.15, -0.1) is 0 Å². The fourth-order valence-corrected chi connectivity index (χ4v) is 2.33. The molecule has 1 aliphatic rings. The molecule has 25 heavy (non-hydrogen) atoms. The minimum Gasteiger partial charge on any atom is -0.491 e. The first-order chi connectivity index (χ1) is 12.0. The van der Waals surface area contributed by atoms with Crippen molar-refractivity contribution in [3.05, 3.63) is 47.9 Å². The van der Waals surface area contributed by atoms with Crippen molar-refractivity contribution >= 4 is 22.8 Å². The SMILES string of the molecule is CCCCOC1=CC(=Nc2ccc(N(C)CCO)cc2)C(=N)C=C1N. The van der Waals surface area contributed by atoms with E-state index in [0.29, 0.717) is 30.3 Å². The second kappa shape index (κ2) is 9.03. The summed E-state index contributed by atoms with van der Waals surface area (Å²) in [5, 5.41) is 17.1. The van der Waals surface area contributed by atoms with Crippen LogP contribution in [0.5, 0.6) is 0 Å². The molecule has 0 unspecified atom stereocenters. The highest BCUT2D eigenvalue weighted by molar-refractivity contribution is 6.50. The molecule has 0 saturated carbocycles. The molecule has 1 aliphatic carbocycles. The number of nitrogens with one attached hydrogen (secondary N) is 1. The van der Waals surface area contributed by atoms with Gasteiger partial charge < -0.3 is 20.5 Å². The highest BCUT2D eigenvalue weighted by atomic mass is 16.5. The second-order valence-corrected chi connectivity index (χ2v) is 5.88. The topological polar surface area (TPSA) is 94.9 Å². The molecule has 2 rings (SSSR count). The summed E-state index contributed by atoms with van der Waals surface area (Å²) in [4.78, 5) is 6.49. The number of hydrogen-bond acceptors (Lipinski definition) is 6. The smallest absolute Gasteiger partial charge is 0.144 e. The standard InChI is InChI=1S/C19H26N4O2/c1-3-4-11-25-19-13-18(16(20)12-17(19)21)22-14-5-7-15(8-6-14)23(2)9-10-24/h5-8,12-13,20,24H,3-4,9-11,21H2,1-2H3. The zero-order valence-electron chi connectivity index (χ0n) is 14.8. The molecule has 0 fully saturated rings. The van der Waals surface area contributed by atoms with Crippen LogP contribution in [0.2, 0.25) is 0 Å². The van der Waals surface area contributed by atoms with Gasteiger partial charge in [-0.25, -0.2) is 4.99 Å². The van der Waals surface area contributed by atoms with Crippen LogP contribution in [0.1, 0.15) is 19.8 Å². The molecule has 0 amide bonds. The van der Waals surface area contributed by atoms with Crippen LogP contribution in [0.3, 0.4) is 0 Å². The molecule has 1 aromatic carbocycles. The lowest BCUT2D eigenvalue weighted by atomic mass is 10.1. The number of aliphatic hydroxyl groups excluding tert-OH is 1. The Hall–Kier alpha value is -2.60. The van der Waals surface area contributed by atoms with E-state index < -0.39 is 0 Å². The van der Waals surface area contributed by atoms with E-state index in [0.717, 1.165) is 24.2 Å². The molecule has 0 aliphatic heterocycles. The van der Waals surface area contributed by atoms with Crippen molar-refractivity contribution < 1.29 is 9.84 Å². The number of likely N-dealkylation sites (N-methyl/N-ethyl adjacent to an activating group) is 1. The Balaban J connectivity index is 2.16. The fraction of sp³-hybridized carbons (Fsp3) is 0.368. The highest BCUT2D eigenvalue weighted by Gasteiger charge is 2.15. The van der Waals surface area contributed by atoms with Crippen molar-refractivity contribution in [1.29, 1.82) is 5.41 Å². The maximum Gasteiger partial charge on any atom is 0.144 e. The van der Waals surface area contributed by atoms with Crippen molar-refractivity contribution in [3.63, 3.8) is 0 Å². The van der Waals surface area contributed by atoms with Gasteiger partial charge in [-0.1, -0.05) is 13.3 Å². The van der Waals surface area contributed by atoms with E-state index in [1.165, 1.54) is 0 Å². The monoisotopic (exact) mass is 342 g/mol. The predicted octanol–water partition coefficient (Wildman–Crippen LogP) is 2.76. The summed E-state index contributed by atoms with van der Waals surface area (Å²) in [6.45, 7) is 3.38. The number of unbranched alkanes of at least 4 members (excludes halogenated alkanes) is 1. The third-order valence-electron chi connectivity index (χ3n) is 3.86. The van der Waals surface area contributed by atoms with E-state index in [9.17, 15) is 0 Å². The summed E-state index contributed by atoms with van der Waals surface area (Å²) in [6.07, 6.45) is 5.30. The minimum absolute atomic E-state index is 0.108. The van der Waals surface area contributed by atoms with Gasteiger partial charge >= 0.3 is 0 Å². The van der Waals surface area contributed by atoms with E-state index in [-0.39, 0.29) is 12.3 Å². The third kappa shape index (κ3) is 5.19. The Morgan fingerprint density at radius 3 is 2.60 bits per heavy atom. The van der Waals surface area contributed by atoms with Crippen LogP contribution in [0.15, 0.2) is 52.9 Å². The zero-order chi connectivity index (χ0) is 18.2. The zero-order valence-corrected chi connectivity index (χ0v) is 14.8. The summed E-state index contributed by atoms with van der Waals surface area (Å²) < 4.78 is 5.69. The Labute approximate surface area is 148 Å². The van der Waals surface area contributed by atoms with Crippen LogP contribution < -0.4 is 10.6 Å². The number of nitrogens with zero attached hydrogens (tertiary/aromatic N) is 2. The molecule has 6 nitrogen and oxygen atoms in total. The summed E-state index contributed by atoms with van der Waals surface area (Å²) >= 11 is 0. The quantitative estimate of drug-likeness (QED) is 0.500. The molecule has 0 radical (unpaired) electrons. The maximum atomic E-state index is 9.00. The number of ether oxygens (including phenoxy) is 1. The molecule has 0 atom stereocenters. The lowest BCUT2D eigenvalue weighted by Crippen LogP contribution is -2.21. The van der Waals surface area contributed by atoms with Crippen LogP contribution in [0.25, 0.3) is 0 Å². The third-order valence-corrected chi connectivity index (χ3v) is 3.86. The van der Waals surface area contributed by atoms with Crippen molar-refractivity contribution in [3.8, 4) is 0 Å². The van der Waals surface area contributed by atoms with Gasteiger partial charge in [0.1, 0.15) is 5.76 Å². The average molecular weight is 342 g/mol. The number of allylic oxidation sites excluding steroid dienone is 2. The summed E-state index contributed by atoms with van der Waals surface area (Å²) in [5.41, 5.74) is 8.93. The van der Waals surface area contributed by atoms with Gasteiger partial charge in [-0.3, -0.25) is 5.41 Å². The first-order valence-electron chi connectivity index (χ1n) is 8.47. The van der Waals surface area contributed by atoms with Gasteiger partial charge in [0.25, 0.3) is 0 Å². The summed E-state index contributed by atoms with van der Waals surface area (Å²) in [5.74, 6) is 0.572. The van der Waals surface area contributed by atoms with Crippen LogP contribution in [0, 0.1) is 5.41 Å². The number of rotatable bonds is 8. The van der Waals surface area contributed by atoms with E-state index in [2.05, 4.69) is 11.9 Å². The van der Waals surface area contributed by atoms with Crippen LogP contribution in [-0.4, -0.2) is 43.3 Å². The number of anilines is 1. The number of nitrogens with two attached hydrogens (primary N) is 1. The number of aliphatic hydroxyl groups is 1. The van der Waals surface area contributed by atoms with Gasteiger partial charge in [0.05, 0.1) is 36.0 Å². The van der Waals surface area contributed by atoms with Crippen molar-refractivity contribution in [2.24, 2.45) is 10.7 Å². The number of benzene rings is 1.